The number of nitrogens with zero attached hydrogens (tertiary/aromatic N) is 2. The maximum absolute atomic E-state index is 12.1. The van der Waals surface area contributed by atoms with Gasteiger partial charge >= 0.3 is 5.69 Å². The first-order chi connectivity index (χ1) is 8.93. The molecule has 1 rings (SSSR count). The highest BCUT2D eigenvalue weighted by Gasteiger charge is 2.15. The number of nitrogens with two attached hydrogens (primary N) is 1. The Kier molecular flexibility index (Phi) is 4.97. The van der Waals surface area contributed by atoms with Crippen LogP contribution in [0.15, 0.2) is 22.2 Å². The molecule has 3 N–H and O–H groups in total. The van der Waals surface area contributed by atoms with Gasteiger partial charge in [0.25, 0.3) is 5.56 Å². The first kappa shape index (κ1) is 15.1. The smallest absolute Gasteiger partial charge is 0.332 e. The summed E-state index contributed by atoms with van der Waals surface area (Å²) in [6.07, 6.45) is 3.44. The van der Waals surface area contributed by atoms with Gasteiger partial charge in [0.05, 0.1) is 0 Å². The van der Waals surface area contributed by atoms with E-state index in [1.165, 1.54) is 11.6 Å². The number of nitrogens with one attached hydrogen (secondary N) is 1. The molecule has 6 heteroatoms. The second kappa shape index (κ2) is 6.26. The molecule has 0 radical (unpaired) electrons. The summed E-state index contributed by atoms with van der Waals surface area (Å²) >= 11 is 0. The average molecular weight is 266 g/mol. The van der Waals surface area contributed by atoms with Crippen LogP contribution in [0.5, 0.6) is 0 Å². The molecule has 0 aliphatic carbocycles. The highest BCUT2D eigenvalue weighted by atomic mass is 16.2. The molecule has 6 nitrogen and oxygen atoms in total. The highest BCUT2D eigenvalue weighted by Crippen LogP contribution is 2.12. The largest absolute Gasteiger partial charge is 0.383 e. The van der Waals surface area contributed by atoms with Crippen LogP contribution >= 0.6 is 0 Å². The first-order valence-corrected chi connectivity index (χ1v) is 6.42. The molecule has 1 unspecified atom stereocenters. The first-order valence-electron chi connectivity index (χ1n) is 6.42. The number of anilines is 2. The van der Waals surface area contributed by atoms with Crippen LogP contribution in [0, 0.1) is 0 Å². The molecule has 0 saturated carbocycles. The van der Waals surface area contributed by atoms with Gasteiger partial charge in [0.15, 0.2) is 0 Å². The summed E-state index contributed by atoms with van der Waals surface area (Å²) in [5.74, 6) is 0.190. The van der Waals surface area contributed by atoms with E-state index in [1.54, 1.807) is 6.08 Å². The van der Waals surface area contributed by atoms with Crippen molar-refractivity contribution in [3.05, 3.63) is 33.5 Å². The van der Waals surface area contributed by atoms with Crippen molar-refractivity contribution in [2.24, 2.45) is 7.05 Å². The van der Waals surface area contributed by atoms with Crippen molar-refractivity contribution in [2.45, 2.75) is 39.3 Å². The Balaban J connectivity index is 3.38. The molecule has 19 heavy (non-hydrogen) atoms. The van der Waals surface area contributed by atoms with E-state index >= 15 is 0 Å². The van der Waals surface area contributed by atoms with Crippen LogP contribution in [0.3, 0.4) is 0 Å². The molecule has 0 saturated heterocycles. The predicted octanol–water partition coefficient (Wildman–Crippen LogP) is 0.916. The third-order valence-electron chi connectivity index (χ3n) is 3.04. The summed E-state index contributed by atoms with van der Waals surface area (Å²) < 4.78 is 2.51. The second-order valence-electron chi connectivity index (χ2n) is 4.58. The van der Waals surface area contributed by atoms with E-state index in [0.29, 0.717) is 6.54 Å². The van der Waals surface area contributed by atoms with Gasteiger partial charge in [-0.05, 0) is 13.3 Å². The number of hydrogen-bond donors (Lipinski definition) is 2. The van der Waals surface area contributed by atoms with E-state index in [4.69, 9.17) is 5.73 Å². The standard InChI is InChI=1S/C13H22N4O2/c1-5-7-8-17-11(14)10(15-9(3)6-2)12(18)16(4)13(17)19/h6,9,15H,2,5,7-8,14H2,1,3-4H3. The number of nitrogen functional groups attached to an aromatic ring is 1. The van der Waals surface area contributed by atoms with Crippen LogP contribution in [-0.2, 0) is 13.6 Å². The summed E-state index contributed by atoms with van der Waals surface area (Å²) in [5, 5.41) is 2.98. The van der Waals surface area contributed by atoms with Crippen molar-refractivity contribution in [1.29, 1.82) is 0 Å². The summed E-state index contributed by atoms with van der Waals surface area (Å²) in [6.45, 7) is 8.04. The lowest BCUT2D eigenvalue weighted by molar-refractivity contribution is 0.575. The van der Waals surface area contributed by atoms with Crippen molar-refractivity contribution < 1.29 is 0 Å². The molecule has 1 heterocycles. The number of hydrogen-bond acceptors (Lipinski definition) is 4. The molecule has 0 bridgehead atoms. The molecule has 0 amide bonds. The Morgan fingerprint density at radius 1 is 1.47 bits per heavy atom. The van der Waals surface area contributed by atoms with E-state index < -0.39 is 5.56 Å². The van der Waals surface area contributed by atoms with Crippen LogP contribution in [-0.4, -0.2) is 15.2 Å². The predicted molar refractivity (Wildman–Crippen MR) is 78.5 cm³/mol. The Morgan fingerprint density at radius 3 is 2.63 bits per heavy atom. The van der Waals surface area contributed by atoms with Gasteiger partial charge in [0.1, 0.15) is 11.5 Å². The third-order valence-corrected chi connectivity index (χ3v) is 3.04. The van der Waals surface area contributed by atoms with E-state index in [1.807, 2.05) is 13.8 Å². The Hall–Kier alpha value is -1.98. The normalized spacial score (nSPS) is 12.2. The van der Waals surface area contributed by atoms with E-state index in [2.05, 4.69) is 11.9 Å². The number of unbranched alkanes of at least 4 members (excludes halogenated alkanes) is 1. The van der Waals surface area contributed by atoms with Gasteiger partial charge in [-0.25, -0.2) is 4.79 Å². The quantitative estimate of drug-likeness (QED) is 0.750. The molecule has 0 aromatic carbocycles. The fourth-order valence-electron chi connectivity index (χ4n) is 1.74. The van der Waals surface area contributed by atoms with Gasteiger partial charge in [0, 0.05) is 19.6 Å². The minimum atomic E-state index is -0.413. The minimum absolute atomic E-state index is 0.105. The molecule has 0 spiro atoms. The lowest BCUT2D eigenvalue weighted by Gasteiger charge is -2.17. The van der Waals surface area contributed by atoms with Crippen LogP contribution in [0.1, 0.15) is 26.7 Å². The fourth-order valence-corrected chi connectivity index (χ4v) is 1.74. The van der Waals surface area contributed by atoms with Gasteiger partial charge in [-0.15, -0.1) is 6.58 Å². The molecule has 106 valence electrons. The zero-order valence-corrected chi connectivity index (χ0v) is 11.8. The van der Waals surface area contributed by atoms with E-state index in [-0.39, 0.29) is 23.2 Å². The van der Waals surface area contributed by atoms with Crippen LogP contribution < -0.4 is 22.3 Å². The third kappa shape index (κ3) is 3.07. The molecular formula is C13H22N4O2. The van der Waals surface area contributed by atoms with Gasteiger partial charge in [0.2, 0.25) is 0 Å². The van der Waals surface area contributed by atoms with Crippen molar-refractivity contribution in [2.75, 3.05) is 11.1 Å². The van der Waals surface area contributed by atoms with Crippen molar-refractivity contribution in [3.63, 3.8) is 0 Å². The zero-order chi connectivity index (χ0) is 14.6. The molecule has 1 aromatic rings. The molecule has 1 aromatic heterocycles. The highest BCUT2D eigenvalue weighted by molar-refractivity contribution is 5.61. The van der Waals surface area contributed by atoms with Gasteiger partial charge in [-0.2, -0.15) is 0 Å². The summed E-state index contributed by atoms with van der Waals surface area (Å²) in [5.41, 5.74) is 5.41. The summed E-state index contributed by atoms with van der Waals surface area (Å²) in [7, 11) is 1.45. The van der Waals surface area contributed by atoms with Gasteiger partial charge < -0.3 is 11.1 Å². The summed E-state index contributed by atoms with van der Waals surface area (Å²) in [6, 6.07) is -0.105. The minimum Gasteiger partial charge on any atom is -0.383 e. The maximum atomic E-state index is 12.1. The van der Waals surface area contributed by atoms with E-state index in [9.17, 15) is 9.59 Å². The Morgan fingerprint density at radius 2 is 2.11 bits per heavy atom. The lowest BCUT2D eigenvalue weighted by Crippen LogP contribution is -2.41. The average Bonchev–Trinajstić information content (AvgIpc) is 2.41. The summed E-state index contributed by atoms with van der Waals surface area (Å²) in [4.78, 5) is 24.1. The fraction of sp³-hybridized carbons (Fsp3) is 0.538. The van der Waals surface area contributed by atoms with Crippen LogP contribution in [0.25, 0.3) is 0 Å². The van der Waals surface area contributed by atoms with Crippen molar-refractivity contribution in [1.82, 2.24) is 9.13 Å². The topological polar surface area (TPSA) is 82.0 Å². The monoisotopic (exact) mass is 266 g/mol. The maximum Gasteiger partial charge on any atom is 0.332 e. The lowest BCUT2D eigenvalue weighted by atomic mass is 10.3. The second-order valence-corrected chi connectivity index (χ2v) is 4.58. The molecule has 0 aliphatic heterocycles. The van der Waals surface area contributed by atoms with Crippen LogP contribution in [0.2, 0.25) is 0 Å². The molecule has 0 fully saturated rings. The Bertz CT molecular complexity index is 571. The zero-order valence-electron chi connectivity index (χ0n) is 11.8. The number of rotatable bonds is 6. The molecular weight excluding hydrogens is 244 g/mol. The SMILES string of the molecule is C=CC(C)Nc1c(N)n(CCCC)c(=O)n(C)c1=O. The van der Waals surface area contributed by atoms with E-state index in [0.717, 1.165) is 17.4 Å². The Labute approximate surface area is 112 Å². The van der Waals surface area contributed by atoms with Gasteiger partial charge in [-0.1, -0.05) is 19.4 Å². The number of aromatic nitrogens is 2. The van der Waals surface area contributed by atoms with Crippen molar-refractivity contribution >= 4 is 11.5 Å². The van der Waals surface area contributed by atoms with Gasteiger partial charge in [-0.3, -0.25) is 13.9 Å². The molecule has 0 aliphatic rings. The van der Waals surface area contributed by atoms with Crippen molar-refractivity contribution in [3.8, 4) is 0 Å². The van der Waals surface area contributed by atoms with Crippen LogP contribution in [0.4, 0.5) is 11.5 Å². The molecule has 1 atom stereocenters.